The van der Waals surface area contributed by atoms with Crippen molar-refractivity contribution in [2.75, 3.05) is 13.2 Å². The molecule has 1 heterocycles. The van der Waals surface area contributed by atoms with Crippen molar-refractivity contribution < 1.29 is 15.0 Å². The van der Waals surface area contributed by atoms with Crippen LogP contribution in [0.2, 0.25) is 0 Å². The van der Waals surface area contributed by atoms with Crippen LogP contribution >= 0.6 is 24.0 Å². The molecule has 0 saturated heterocycles. The van der Waals surface area contributed by atoms with Crippen LogP contribution in [0.25, 0.3) is 0 Å². The van der Waals surface area contributed by atoms with E-state index in [1.807, 2.05) is 0 Å². The van der Waals surface area contributed by atoms with Crippen LogP contribution in [0.4, 0.5) is 0 Å². The standard InChI is InChI=1S/C10H15NO3S2/c1-2-10(5-12,6-13)11-9(14)8-3-7(15)4-16-8/h3-4,12-13,15H,2,5-6H2,1H3,(H,11,14). The molecule has 0 spiro atoms. The van der Waals surface area contributed by atoms with Crippen molar-refractivity contribution in [3.05, 3.63) is 16.3 Å². The van der Waals surface area contributed by atoms with Gasteiger partial charge >= 0.3 is 0 Å². The number of aliphatic hydroxyl groups is 2. The van der Waals surface area contributed by atoms with Crippen LogP contribution in [-0.4, -0.2) is 34.9 Å². The quantitative estimate of drug-likeness (QED) is 0.595. The van der Waals surface area contributed by atoms with Gasteiger partial charge in [-0.1, -0.05) is 6.92 Å². The minimum absolute atomic E-state index is 0.287. The molecule has 0 unspecified atom stereocenters. The summed E-state index contributed by atoms with van der Waals surface area (Å²) in [6, 6.07) is 1.65. The van der Waals surface area contributed by atoms with E-state index in [4.69, 9.17) is 0 Å². The zero-order valence-electron chi connectivity index (χ0n) is 8.93. The fourth-order valence-corrected chi connectivity index (χ4v) is 2.23. The molecule has 1 aromatic heterocycles. The van der Waals surface area contributed by atoms with Gasteiger partial charge in [0.15, 0.2) is 0 Å². The van der Waals surface area contributed by atoms with Crippen molar-refractivity contribution >= 4 is 29.9 Å². The first-order valence-electron chi connectivity index (χ1n) is 4.88. The van der Waals surface area contributed by atoms with Crippen LogP contribution in [0.3, 0.4) is 0 Å². The number of carbonyl (C=O) groups excluding carboxylic acids is 1. The normalized spacial score (nSPS) is 11.5. The molecule has 16 heavy (non-hydrogen) atoms. The molecule has 90 valence electrons. The maximum atomic E-state index is 11.8. The van der Waals surface area contributed by atoms with E-state index in [0.717, 1.165) is 4.90 Å². The molecular formula is C10H15NO3S2. The lowest BCUT2D eigenvalue weighted by atomic mass is 9.98. The summed E-state index contributed by atoms with van der Waals surface area (Å²) in [5, 5.41) is 22.8. The second kappa shape index (κ2) is 5.67. The first kappa shape index (κ1) is 13.5. The molecule has 0 fully saturated rings. The lowest BCUT2D eigenvalue weighted by Crippen LogP contribution is -2.53. The summed E-state index contributed by atoms with van der Waals surface area (Å²) >= 11 is 5.39. The Morgan fingerprint density at radius 3 is 2.56 bits per heavy atom. The predicted molar refractivity (Wildman–Crippen MR) is 66.2 cm³/mol. The molecule has 0 aliphatic heterocycles. The molecule has 4 nitrogen and oxygen atoms in total. The van der Waals surface area contributed by atoms with Crippen molar-refractivity contribution in [1.82, 2.24) is 5.32 Å². The van der Waals surface area contributed by atoms with Crippen LogP contribution in [0.5, 0.6) is 0 Å². The highest BCUT2D eigenvalue weighted by Gasteiger charge is 2.29. The third-order valence-corrected chi connectivity index (χ3v) is 3.83. The van der Waals surface area contributed by atoms with Gasteiger partial charge in [0, 0.05) is 10.3 Å². The largest absolute Gasteiger partial charge is 0.394 e. The van der Waals surface area contributed by atoms with Crippen molar-refractivity contribution in [2.24, 2.45) is 0 Å². The molecule has 0 aliphatic carbocycles. The van der Waals surface area contributed by atoms with E-state index in [9.17, 15) is 15.0 Å². The highest BCUT2D eigenvalue weighted by molar-refractivity contribution is 7.80. The molecular weight excluding hydrogens is 246 g/mol. The molecule has 0 aliphatic rings. The summed E-state index contributed by atoms with van der Waals surface area (Å²) in [7, 11) is 0. The SMILES string of the molecule is CCC(CO)(CO)NC(=O)c1cc(S)cs1. The second-order valence-electron chi connectivity index (χ2n) is 3.57. The minimum Gasteiger partial charge on any atom is -0.394 e. The fourth-order valence-electron chi connectivity index (χ4n) is 1.19. The van der Waals surface area contributed by atoms with Gasteiger partial charge in [-0.3, -0.25) is 4.79 Å². The molecule has 0 saturated carbocycles. The van der Waals surface area contributed by atoms with Gasteiger partial charge in [0.1, 0.15) is 0 Å². The number of thiol groups is 1. The first-order chi connectivity index (χ1) is 7.56. The fraction of sp³-hybridized carbons (Fsp3) is 0.500. The molecule has 0 bridgehead atoms. The topological polar surface area (TPSA) is 69.6 Å². The average molecular weight is 261 g/mol. The Labute approximate surface area is 104 Å². The maximum Gasteiger partial charge on any atom is 0.261 e. The smallest absolute Gasteiger partial charge is 0.261 e. The summed E-state index contributed by atoms with van der Waals surface area (Å²) in [4.78, 5) is 13.0. The van der Waals surface area contributed by atoms with E-state index in [0.29, 0.717) is 11.3 Å². The molecule has 0 atom stereocenters. The monoisotopic (exact) mass is 261 g/mol. The van der Waals surface area contributed by atoms with Gasteiger partial charge in [-0.05, 0) is 12.5 Å². The van der Waals surface area contributed by atoms with Gasteiger partial charge in [0.25, 0.3) is 5.91 Å². The average Bonchev–Trinajstić information content (AvgIpc) is 2.73. The zero-order valence-corrected chi connectivity index (χ0v) is 10.6. The van der Waals surface area contributed by atoms with Gasteiger partial charge in [0.2, 0.25) is 0 Å². The maximum absolute atomic E-state index is 11.8. The molecule has 1 aromatic rings. The van der Waals surface area contributed by atoms with Crippen LogP contribution in [0.15, 0.2) is 16.3 Å². The van der Waals surface area contributed by atoms with E-state index in [1.165, 1.54) is 11.3 Å². The number of aliphatic hydroxyl groups excluding tert-OH is 2. The summed E-state index contributed by atoms with van der Waals surface area (Å²) in [5.41, 5.74) is -0.947. The van der Waals surface area contributed by atoms with Crippen molar-refractivity contribution in [1.29, 1.82) is 0 Å². The summed E-state index contributed by atoms with van der Waals surface area (Å²) in [6.07, 6.45) is 0.463. The molecule has 0 radical (unpaired) electrons. The Hall–Kier alpha value is -0.560. The van der Waals surface area contributed by atoms with Crippen LogP contribution in [0, 0.1) is 0 Å². The number of rotatable bonds is 5. The molecule has 3 N–H and O–H groups in total. The summed E-state index contributed by atoms with van der Waals surface area (Å²) < 4.78 is 0. The molecule has 0 aromatic carbocycles. The molecule has 1 rings (SSSR count). The lowest BCUT2D eigenvalue weighted by molar-refractivity contribution is 0.0656. The third-order valence-electron chi connectivity index (χ3n) is 2.47. The van der Waals surface area contributed by atoms with E-state index >= 15 is 0 Å². The number of thiophene rings is 1. The summed E-state index contributed by atoms with van der Waals surface area (Å²) in [6.45, 7) is 1.22. The van der Waals surface area contributed by atoms with Gasteiger partial charge in [-0.25, -0.2) is 0 Å². The van der Waals surface area contributed by atoms with Gasteiger partial charge in [0.05, 0.1) is 23.6 Å². The van der Waals surface area contributed by atoms with E-state index < -0.39 is 5.54 Å². The highest BCUT2D eigenvalue weighted by atomic mass is 32.1. The number of amides is 1. The van der Waals surface area contributed by atoms with Crippen molar-refractivity contribution in [3.63, 3.8) is 0 Å². The number of hydrogen-bond acceptors (Lipinski definition) is 5. The van der Waals surface area contributed by atoms with E-state index in [1.54, 1.807) is 18.4 Å². The van der Waals surface area contributed by atoms with E-state index in [2.05, 4.69) is 17.9 Å². The van der Waals surface area contributed by atoms with Crippen molar-refractivity contribution in [2.45, 2.75) is 23.8 Å². The Morgan fingerprint density at radius 1 is 1.56 bits per heavy atom. The number of hydrogen-bond donors (Lipinski definition) is 4. The van der Waals surface area contributed by atoms with Gasteiger partial charge < -0.3 is 15.5 Å². The second-order valence-corrected chi connectivity index (χ2v) is 5.00. The Morgan fingerprint density at radius 2 is 2.19 bits per heavy atom. The van der Waals surface area contributed by atoms with Crippen molar-refractivity contribution in [3.8, 4) is 0 Å². The molecule has 1 amide bonds. The first-order valence-corrected chi connectivity index (χ1v) is 6.21. The van der Waals surface area contributed by atoms with Crippen LogP contribution in [0.1, 0.15) is 23.0 Å². The number of carbonyl (C=O) groups is 1. The Bertz CT molecular complexity index is 352. The number of nitrogens with one attached hydrogen (secondary N) is 1. The lowest BCUT2D eigenvalue weighted by Gasteiger charge is -2.29. The Kier molecular flexibility index (Phi) is 4.79. The summed E-state index contributed by atoms with van der Waals surface area (Å²) in [5.74, 6) is -0.296. The van der Waals surface area contributed by atoms with Crippen LogP contribution < -0.4 is 5.32 Å². The van der Waals surface area contributed by atoms with E-state index in [-0.39, 0.29) is 19.1 Å². The van der Waals surface area contributed by atoms with Crippen LogP contribution in [-0.2, 0) is 0 Å². The Balaban J connectivity index is 2.76. The zero-order chi connectivity index (χ0) is 12.2. The highest BCUT2D eigenvalue weighted by Crippen LogP contribution is 2.19. The van der Waals surface area contributed by atoms with Gasteiger partial charge in [-0.15, -0.1) is 24.0 Å². The molecule has 6 heteroatoms. The van der Waals surface area contributed by atoms with Gasteiger partial charge in [-0.2, -0.15) is 0 Å². The third kappa shape index (κ3) is 2.98. The predicted octanol–water partition coefficient (Wildman–Crippen LogP) is 0.900. The minimum atomic E-state index is -0.947.